The first-order valence-electron chi connectivity index (χ1n) is 18.7. The molecule has 0 saturated heterocycles. The normalized spacial score (nSPS) is 14.0. The van der Waals surface area contributed by atoms with E-state index in [0.29, 0.717) is 0 Å². The Hall–Kier alpha value is -6.72. The van der Waals surface area contributed by atoms with Crippen molar-refractivity contribution in [2.45, 2.75) is 19.3 Å². The third kappa shape index (κ3) is 3.99. The lowest BCUT2D eigenvalue weighted by Crippen LogP contribution is -2.45. The van der Waals surface area contributed by atoms with Crippen molar-refractivity contribution in [3.05, 3.63) is 163 Å². The van der Waals surface area contributed by atoms with Gasteiger partial charge in [-0.1, -0.05) is 122 Å². The summed E-state index contributed by atoms with van der Waals surface area (Å²) >= 11 is 0. The van der Waals surface area contributed by atoms with E-state index in [9.17, 15) is 0 Å². The minimum atomic E-state index is -0.154. The maximum absolute atomic E-state index is 6.82. The average Bonchev–Trinajstić information content (AvgIpc) is 3.78. The van der Waals surface area contributed by atoms with Gasteiger partial charge in [0.05, 0.1) is 27.8 Å². The van der Waals surface area contributed by atoms with Gasteiger partial charge >= 0.3 is 0 Å². The molecule has 8 aromatic carbocycles. The highest BCUT2D eigenvalue weighted by Crippen LogP contribution is 2.54. The second-order valence-corrected chi connectivity index (χ2v) is 15.3. The zero-order chi connectivity index (χ0) is 35.7. The van der Waals surface area contributed by atoms with Crippen molar-refractivity contribution in [3.63, 3.8) is 0 Å². The fourth-order valence-corrected chi connectivity index (χ4v) is 9.55. The first kappa shape index (κ1) is 29.8. The first-order chi connectivity index (χ1) is 26.5. The van der Waals surface area contributed by atoms with Crippen LogP contribution in [0.3, 0.4) is 0 Å². The van der Waals surface area contributed by atoms with Gasteiger partial charge in [0.2, 0.25) is 0 Å². The zero-order valence-electron chi connectivity index (χ0n) is 29.9. The van der Waals surface area contributed by atoms with E-state index < -0.39 is 0 Å². The fourth-order valence-electron chi connectivity index (χ4n) is 9.55. The Morgan fingerprint density at radius 2 is 1.17 bits per heavy atom. The van der Waals surface area contributed by atoms with Crippen LogP contribution in [0.4, 0.5) is 28.4 Å². The number of nitrogens with one attached hydrogen (secondary N) is 1. The SMILES string of the molecule is CC1(C)c2ccccc2N2c3c(cccc31)Bc1c(-c3cc4ccccc4cc3Nc3cccc4oc5ccccc5c34)cc3oc4ccccc4c3c12. The Kier molecular flexibility index (Phi) is 5.90. The van der Waals surface area contributed by atoms with Crippen molar-refractivity contribution in [3.8, 4) is 11.1 Å². The van der Waals surface area contributed by atoms with Crippen molar-refractivity contribution < 1.29 is 8.83 Å². The smallest absolute Gasteiger partial charge is 0.198 e. The van der Waals surface area contributed by atoms with Crippen LogP contribution in [0.5, 0.6) is 0 Å². The molecule has 54 heavy (non-hydrogen) atoms. The van der Waals surface area contributed by atoms with Gasteiger partial charge in [-0.05, 0) is 81.5 Å². The number of hydrogen-bond acceptors (Lipinski definition) is 4. The highest BCUT2D eigenvalue weighted by molar-refractivity contribution is 6.74. The number of anilines is 5. The van der Waals surface area contributed by atoms with Gasteiger partial charge in [0.1, 0.15) is 22.3 Å². The third-order valence-electron chi connectivity index (χ3n) is 12.0. The van der Waals surface area contributed by atoms with Gasteiger partial charge in [0, 0.05) is 33.1 Å². The van der Waals surface area contributed by atoms with E-state index in [4.69, 9.17) is 8.83 Å². The molecule has 0 unspecified atom stereocenters. The van der Waals surface area contributed by atoms with Gasteiger partial charge in [0.15, 0.2) is 7.28 Å². The molecule has 1 N–H and O–H groups in total. The third-order valence-corrected chi connectivity index (χ3v) is 12.0. The fraction of sp³-hybridized carbons (Fsp3) is 0.0612. The summed E-state index contributed by atoms with van der Waals surface area (Å²) in [5.41, 5.74) is 16.7. The van der Waals surface area contributed by atoms with Crippen LogP contribution in [0.25, 0.3) is 65.8 Å². The lowest BCUT2D eigenvalue weighted by Gasteiger charge is -2.46. The molecule has 2 aliphatic heterocycles. The lowest BCUT2D eigenvalue weighted by atomic mass is 9.55. The molecule has 254 valence electrons. The molecule has 0 atom stereocenters. The van der Waals surface area contributed by atoms with Crippen LogP contribution in [0.15, 0.2) is 160 Å². The molecule has 0 fully saturated rings. The number of nitrogens with zero attached hydrogens (tertiary/aromatic N) is 1. The largest absolute Gasteiger partial charge is 0.456 e. The summed E-state index contributed by atoms with van der Waals surface area (Å²) in [6.07, 6.45) is 0. The average molecular weight is 693 g/mol. The highest BCUT2D eigenvalue weighted by atomic mass is 16.3. The molecular weight excluding hydrogens is 659 g/mol. The van der Waals surface area contributed by atoms with Crippen LogP contribution < -0.4 is 21.1 Å². The molecule has 10 aromatic rings. The Morgan fingerprint density at radius 1 is 0.519 bits per heavy atom. The molecule has 5 heteroatoms. The molecule has 4 nitrogen and oxygen atoms in total. The van der Waals surface area contributed by atoms with Crippen LogP contribution >= 0.6 is 0 Å². The molecule has 0 spiro atoms. The number of rotatable bonds is 3. The summed E-state index contributed by atoms with van der Waals surface area (Å²) in [4.78, 5) is 2.56. The molecule has 0 amide bonds. The molecule has 12 rings (SSSR count). The predicted octanol–water partition coefficient (Wildman–Crippen LogP) is 11.9. The summed E-state index contributed by atoms with van der Waals surface area (Å²) in [6.45, 7) is 4.73. The number of furan rings is 2. The molecule has 0 aliphatic carbocycles. The summed E-state index contributed by atoms with van der Waals surface area (Å²) in [6, 6.07) is 54.5. The number of para-hydroxylation sites is 4. The second kappa shape index (κ2) is 10.7. The van der Waals surface area contributed by atoms with E-state index in [-0.39, 0.29) is 5.41 Å². The predicted molar refractivity (Wildman–Crippen MR) is 227 cm³/mol. The van der Waals surface area contributed by atoms with Gasteiger partial charge in [-0.25, -0.2) is 0 Å². The Labute approximate surface area is 312 Å². The maximum Gasteiger partial charge on any atom is 0.198 e. The first-order valence-corrected chi connectivity index (χ1v) is 18.7. The maximum atomic E-state index is 6.82. The van der Waals surface area contributed by atoms with E-state index in [0.717, 1.165) is 73.7 Å². The van der Waals surface area contributed by atoms with Crippen molar-refractivity contribution in [1.29, 1.82) is 0 Å². The Bertz CT molecular complexity index is 3220. The van der Waals surface area contributed by atoms with E-state index in [2.05, 4.69) is 164 Å². The van der Waals surface area contributed by atoms with Crippen LogP contribution in [0, 0.1) is 0 Å². The van der Waals surface area contributed by atoms with Crippen LogP contribution in [0.2, 0.25) is 0 Å². The summed E-state index contributed by atoms with van der Waals surface area (Å²) < 4.78 is 13.1. The topological polar surface area (TPSA) is 41.5 Å². The minimum absolute atomic E-state index is 0.154. The van der Waals surface area contributed by atoms with Crippen LogP contribution in [0.1, 0.15) is 25.0 Å². The zero-order valence-corrected chi connectivity index (χ0v) is 29.9. The summed E-state index contributed by atoms with van der Waals surface area (Å²) in [7, 11) is 0.798. The summed E-state index contributed by atoms with van der Waals surface area (Å²) in [5, 5.41) is 10.8. The molecule has 2 aliphatic rings. The second-order valence-electron chi connectivity index (χ2n) is 15.3. The summed E-state index contributed by atoms with van der Waals surface area (Å²) in [5.74, 6) is 0. The van der Waals surface area contributed by atoms with Gasteiger partial charge in [-0.3, -0.25) is 0 Å². The molecule has 0 bridgehead atoms. The van der Waals surface area contributed by atoms with Gasteiger partial charge in [-0.2, -0.15) is 0 Å². The Balaban J connectivity index is 1.19. The van der Waals surface area contributed by atoms with E-state index in [1.807, 2.05) is 12.1 Å². The number of fused-ring (bicyclic) bond motifs is 12. The standard InChI is InChI=1S/C49H33BN2O2/c1-49(2)34-17-7-8-21-39(34)52-47-35(49)18-11-19-36(47)50-46-33(27-43-45(48(46)52)31-16-6-10-23-41(31)54-43)32-25-28-13-3-4-14-29(28)26-38(32)51-37-20-12-24-42-44(37)30-15-5-9-22-40(30)53-42/h3-27,50-51H,1-2H3. The minimum Gasteiger partial charge on any atom is -0.456 e. The molecular formula is C49H33BN2O2. The molecule has 0 saturated carbocycles. The number of hydrogen-bond donors (Lipinski definition) is 1. The highest BCUT2D eigenvalue weighted by Gasteiger charge is 2.42. The van der Waals surface area contributed by atoms with Gasteiger partial charge in [-0.15, -0.1) is 0 Å². The molecule has 2 aromatic heterocycles. The monoisotopic (exact) mass is 692 g/mol. The lowest BCUT2D eigenvalue weighted by molar-refractivity contribution is 0.632. The number of benzene rings is 8. The van der Waals surface area contributed by atoms with Crippen molar-refractivity contribution in [2.24, 2.45) is 0 Å². The van der Waals surface area contributed by atoms with Gasteiger partial charge < -0.3 is 19.1 Å². The molecule has 4 heterocycles. The van der Waals surface area contributed by atoms with E-state index in [1.165, 1.54) is 49.9 Å². The van der Waals surface area contributed by atoms with Crippen molar-refractivity contribution in [2.75, 3.05) is 10.2 Å². The van der Waals surface area contributed by atoms with E-state index in [1.54, 1.807) is 0 Å². The molecule has 0 radical (unpaired) electrons. The van der Waals surface area contributed by atoms with Crippen molar-refractivity contribution >= 4 is 101 Å². The van der Waals surface area contributed by atoms with Crippen LogP contribution in [-0.2, 0) is 5.41 Å². The Morgan fingerprint density at radius 3 is 2.00 bits per heavy atom. The van der Waals surface area contributed by atoms with Crippen LogP contribution in [-0.4, -0.2) is 7.28 Å². The quantitative estimate of drug-likeness (QED) is 0.187. The van der Waals surface area contributed by atoms with Crippen molar-refractivity contribution in [1.82, 2.24) is 0 Å². The van der Waals surface area contributed by atoms with E-state index >= 15 is 0 Å². The van der Waals surface area contributed by atoms with Gasteiger partial charge in [0.25, 0.3) is 0 Å².